The van der Waals surface area contributed by atoms with Crippen LogP contribution in [0.5, 0.6) is 5.75 Å². The van der Waals surface area contributed by atoms with Crippen molar-refractivity contribution in [3.8, 4) is 5.75 Å². The molecule has 0 unspecified atom stereocenters. The molecular formula is C19H16F4N2O3. The fourth-order valence-electron chi connectivity index (χ4n) is 2.58. The van der Waals surface area contributed by atoms with Gasteiger partial charge in [0.05, 0.1) is 17.9 Å². The van der Waals surface area contributed by atoms with Crippen LogP contribution >= 0.6 is 0 Å². The molecule has 1 heterocycles. The molecule has 2 N–H and O–H groups in total. The Morgan fingerprint density at radius 1 is 1.11 bits per heavy atom. The van der Waals surface area contributed by atoms with Gasteiger partial charge in [0.1, 0.15) is 23.9 Å². The molecule has 0 radical (unpaired) electrons. The first-order chi connectivity index (χ1) is 13.3. The third-order valence-electron chi connectivity index (χ3n) is 3.93. The molecule has 2 aromatic carbocycles. The summed E-state index contributed by atoms with van der Waals surface area (Å²) in [4.78, 5) is 15.3. The molecule has 28 heavy (non-hydrogen) atoms. The lowest BCUT2D eigenvalue weighted by atomic mass is 10.1. The maximum atomic E-state index is 13.3. The minimum Gasteiger partial charge on any atom is -0.489 e. The van der Waals surface area contributed by atoms with E-state index in [0.717, 1.165) is 18.2 Å². The van der Waals surface area contributed by atoms with E-state index in [-0.39, 0.29) is 30.3 Å². The highest BCUT2D eigenvalue weighted by molar-refractivity contribution is 6.06. The van der Waals surface area contributed by atoms with Crippen molar-refractivity contribution in [2.45, 2.75) is 6.18 Å². The number of methoxy groups -OCH3 is 1. The molecular weight excluding hydrogens is 380 g/mol. The lowest BCUT2D eigenvalue weighted by Gasteiger charge is -2.15. The first-order valence-corrected chi connectivity index (χ1v) is 8.20. The van der Waals surface area contributed by atoms with Crippen LogP contribution < -0.4 is 10.1 Å². The third-order valence-corrected chi connectivity index (χ3v) is 3.93. The van der Waals surface area contributed by atoms with Crippen molar-refractivity contribution in [3.63, 3.8) is 0 Å². The number of carbonyl (C=O) groups is 1. The summed E-state index contributed by atoms with van der Waals surface area (Å²) in [7, 11) is 1.46. The summed E-state index contributed by atoms with van der Waals surface area (Å²) < 4.78 is 62.6. The second-order valence-electron chi connectivity index (χ2n) is 5.92. The monoisotopic (exact) mass is 396 g/mol. The first-order valence-electron chi connectivity index (χ1n) is 8.20. The number of benzene rings is 2. The van der Waals surface area contributed by atoms with Crippen LogP contribution in [0.3, 0.4) is 0 Å². The summed E-state index contributed by atoms with van der Waals surface area (Å²) in [6.07, 6.45) is -4.58. The molecule has 9 heteroatoms. The summed E-state index contributed by atoms with van der Waals surface area (Å²) in [6.45, 7) is 0.318. The van der Waals surface area contributed by atoms with Crippen LogP contribution in [0, 0.1) is 5.82 Å². The first kappa shape index (κ1) is 19.7. The lowest BCUT2D eigenvalue weighted by Crippen LogP contribution is -2.15. The van der Waals surface area contributed by atoms with Crippen molar-refractivity contribution in [2.75, 3.05) is 25.6 Å². The van der Waals surface area contributed by atoms with Gasteiger partial charge in [-0.2, -0.15) is 13.2 Å². The molecule has 3 rings (SSSR count). The quantitative estimate of drug-likeness (QED) is 0.473. The molecule has 0 atom stereocenters. The largest absolute Gasteiger partial charge is 0.489 e. The van der Waals surface area contributed by atoms with Crippen LogP contribution in [0.2, 0.25) is 0 Å². The van der Waals surface area contributed by atoms with Gasteiger partial charge in [0, 0.05) is 18.0 Å². The average Bonchev–Trinajstić information content (AvgIpc) is 3.05. The van der Waals surface area contributed by atoms with Crippen molar-refractivity contribution in [3.05, 3.63) is 59.5 Å². The Kier molecular flexibility index (Phi) is 5.55. The standard InChI is InChI=1S/C19H16F4N2O3/c1-27-6-7-28-17-5-2-12(19(21,22)23)10-15(17)25-18(26)16-9-11-8-13(20)3-4-14(11)24-16/h2-5,8-10,24H,6-7H2,1H3,(H,25,26). The van der Waals surface area contributed by atoms with Gasteiger partial charge in [-0.05, 0) is 42.5 Å². The maximum Gasteiger partial charge on any atom is 0.416 e. The van der Waals surface area contributed by atoms with Gasteiger partial charge >= 0.3 is 6.18 Å². The highest BCUT2D eigenvalue weighted by Crippen LogP contribution is 2.35. The Morgan fingerprint density at radius 2 is 1.89 bits per heavy atom. The van der Waals surface area contributed by atoms with Crippen molar-refractivity contribution in [2.24, 2.45) is 0 Å². The number of rotatable bonds is 6. The van der Waals surface area contributed by atoms with Gasteiger partial charge in [0.25, 0.3) is 5.91 Å². The van der Waals surface area contributed by atoms with E-state index in [1.807, 2.05) is 0 Å². The van der Waals surface area contributed by atoms with Crippen LogP contribution in [-0.2, 0) is 10.9 Å². The Morgan fingerprint density at radius 3 is 2.61 bits per heavy atom. The smallest absolute Gasteiger partial charge is 0.416 e. The van der Waals surface area contributed by atoms with E-state index >= 15 is 0 Å². The highest BCUT2D eigenvalue weighted by atomic mass is 19.4. The summed E-state index contributed by atoms with van der Waals surface area (Å²) in [5, 5.41) is 2.88. The van der Waals surface area contributed by atoms with Gasteiger partial charge in [-0.25, -0.2) is 4.39 Å². The molecule has 0 saturated carbocycles. The van der Waals surface area contributed by atoms with Crippen molar-refractivity contribution < 1.29 is 31.8 Å². The van der Waals surface area contributed by atoms with Crippen molar-refractivity contribution >= 4 is 22.5 Å². The van der Waals surface area contributed by atoms with Gasteiger partial charge in [-0.3, -0.25) is 4.79 Å². The molecule has 1 amide bonds. The molecule has 0 bridgehead atoms. The second kappa shape index (κ2) is 7.89. The minimum atomic E-state index is -4.58. The van der Waals surface area contributed by atoms with Crippen LogP contribution in [0.25, 0.3) is 10.9 Å². The fraction of sp³-hybridized carbons (Fsp3) is 0.211. The number of fused-ring (bicyclic) bond motifs is 1. The van der Waals surface area contributed by atoms with E-state index < -0.39 is 23.5 Å². The summed E-state index contributed by atoms with van der Waals surface area (Å²) in [5.74, 6) is -1.08. The van der Waals surface area contributed by atoms with E-state index in [0.29, 0.717) is 10.9 Å². The molecule has 0 aliphatic heterocycles. The molecule has 3 aromatic rings. The van der Waals surface area contributed by atoms with Crippen LogP contribution in [0.4, 0.5) is 23.2 Å². The number of carbonyl (C=O) groups excluding carboxylic acids is 1. The van der Waals surface area contributed by atoms with Gasteiger partial charge in [0.2, 0.25) is 0 Å². The van der Waals surface area contributed by atoms with E-state index in [1.165, 1.54) is 31.4 Å². The third kappa shape index (κ3) is 4.42. The van der Waals surface area contributed by atoms with Gasteiger partial charge in [-0.15, -0.1) is 0 Å². The normalized spacial score (nSPS) is 11.6. The number of ether oxygens (including phenoxy) is 2. The molecule has 0 aliphatic rings. The molecule has 148 valence electrons. The predicted octanol–water partition coefficient (Wildman–Crippen LogP) is 4.60. The zero-order valence-corrected chi connectivity index (χ0v) is 14.7. The van der Waals surface area contributed by atoms with Crippen molar-refractivity contribution in [1.29, 1.82) is 0 Å². The van der Waals surface area contributed by atoms with E-state index in [9.17, 15) is 22.4 Å². The number of aromatic nitrogens is 1. The lowest BCUT2D eigenvalue weighted by molar-refractivity contribution is -0.137. The van der Waals surface area contributed by atoms with E-state index in [4.69, 9.17) is 9.47 Å². The molecule has 0 aliphatic carbocycles. The van der Waals surface area contributed by atoms with Crippen LogP contribution in [0.1, 0.15) is 16.1 Å². The zero-order valence-electron chi connectivity index (χ0n) is 14.7. The second-order valence-corrected chi connectivity index (χ2v) is 5.92. The maximum absolute atomic E-state index is 13.3. The van der Waals surface area contributed by atoms with Crippen LogP contribution in [0.15, 0.2) is 42.5 Å². The Labute approximate surface area is 157 Å². The predicted molar refractivity (Wildman–Crippen MR) is 95.0 cm³/mol. The van der Waals surface area contributed by atoms with Gasteiger partial charge in [-0.1, -0.05) is 0 Å². The van der Waals surface area contributed by atoms with E-state index in [1.54, 1.807) is 0 Å². The number of alkyl halides is 3. The summed E-state index contributed by atoms with van der Waals surface area (Å²) in [5.41, 5.74) is -0.477. The Bertz CT molecular complexity index is 998. The van der Waals surface area contributed by atoms with Gasteiger partial charge < -0.3 is 19.8 Å². The number of halogens is 4. The molecule has 5 nitrogen and oxygen atoms in total. The molecule has 0 saturated heterocycles. The average molecular weight is 396 g/mol. The summed E-state index contributed by atoms with van der Waals surface area (Å²) >= 11 is 0. The van der Waals surface area contributed by atoms with Crippen molar-refractivity contribution in [1.82, 2.24) is 4.98 Å². The number of hydrogen-bond acceptors (Lipinski definition) is 3. The molecule has 0 spiro atoms. The topological polar surface area (TPSA) is 63.4 Å². The number of hydrogen-bond donors (Lipinski definition) is 2. The van der Waals surface area contributed by atoms with E-state index in [2.05, 4.69) is 10.3 Å². The summed E-state index contributed by atoms with van der Waals surface area (Å²) in [6, 6.07) is 8.14. The minimum absolute atomic E-state index is 0.0700. The van der Waals surface area contributed by atoms with Crippen LogP contribution in [-0.4, -0.2) is 31.2 Å². The highest BCUT2D eigenvalue weighted by Gasteiger charge is 2.31. The number of aromatic amines is 1. The number of nitrogens with one attached hydrogen (secondary N) is 2. The number of anilines is 1. The Balaban J connectivity index is 1.89. The molecule has 1 aromatic heterocycles. The zero-order chi connectivity index (χ0) is 20.3. The Hall–Kier alpha value is -3.07. The number of H-pyrrole nitrogens is 1. The molecule has 0 fully saturated rings. The SMILES string of the molecule is COCCOc1ccc(C(F)(F)F)cc1NC(=O)c1cc2cc(F)ccc2[nH]1. The van der Waals surface area contributed by atoms with Gasteiger partial charge in [0.15, 0.2) is 0 Å². The number of amides is 1. The fourth-order valence-corrected chi connectivity index (χ4v) is 2.58.